The van der Waals surface area contributed by atoms with Crippen molar-refractivity contribution in [3.8, 4) is 0 Å². The summed E-state index contributed by atoms with van der Waals surface area (Å²) >= 11 is 7.76. The number of hydrogen-bond acceptors (Lipinski definition) is 11. The summed E-state index contributed by atoms with van der Waals surface area (Å²) in [6.07, 6.45) is 4.62. The summed E-state index contributed by atoms with van der Waals surface area (Å²) in [5.74, 6) is -0.00987. The van der Waals surface area contributed by atoms with Crippen LogP contribution in [-0.2, 0) is 10.0 Å². The minimum atomic E-state index is -4.30. The van der Waals surface area contributed by atoms with Gasteiger partial charge < -0.3 is 15.5 Å². The molecule has 0 saturated carbocycles. The van der Waals surface area contributed by atoms with Gasteiger partial charge in [0, 0.05) is 72.7 Å². The van der Waals surface area contributed by atoms with Crippen LogP contribution < -0.4 is 20.3 Å². The quantitative estimate of drug-likeness (QED) is 0.0476. The second-order valence-corrected chi connectivity index (χ2v) is 20.4. The fourth-order valence-corrected chi connectivity index (χ4v) is 10.8. The molecule has 1 saturated heterocycles. The molecule has 1 unspecified atom stereocenters. The Hall–Kier alpha value is -4.73. The van der Waals surface area contributed by atoms with E-state index in [1.165, 1.54) is 35.2 Å². The van der Waals surface area contributed by atoms with Crippen molar-refractivity contribution in [3.63, 3.8) is 0 Å². The Morgan fingerprint density at radius 3 is 2.42 bits per heavy atom. The zero-order valence-corrected chi connectivity index (χ0v) is 37.2. The van der Waals surface area contributed by atoms with E-state index in [2.05, 4.69) is 50.5 Å². The van der Waals surface area contributed by atoms with E-state index in [-0.39, 0.29) is 33.4 Å². The SMILES string of the molecule is CC(CN)[C@@](C)(Sc1ccccc1)N(C)c1ccc(S(=O)(=O)Nc2ncnc3cc(N4CCN(CC5=C(c6ccc(Cl)cc6)CCC(C)(C)C5)CC4)ccc23)cc1[N+](=O)[O-]. The van der Waals surface area contributed by atoms with E-state index in [9.17, 15) is 18.5 Å². The summed E-state index contributed by atoms with van der Waals surface area (Å²) < 4.78 is 30.3. The summed E-state index contributed by atoms with van der Waals surface area (Å²) in [6, 6.07) is 27.7. The number of nitrogens with two attached hydrogens (primary N) is 1. The Labute approximate surface area is 362 Å². The molecule has 0 amide bonds. The molecule has 0 spiro atoms. The molecule has 12 nitrogen and oxygen atoms in total. The number of piperazine rings is 1. The number of nitrogens with one attached hydrogen (secondary N) is 1. The second-order valence-electron chi connectivity index (χ2n) is 16.8. The molecule has 1 aliphatic carbocycles. The van der Waals surface area contributed by atoms with Gasteiger partial charge in [0.25, 0.3) is 15.7 Å². The monoisotopic (exact) mass is 868 g/mol. The van der Waals surface area contributed by atoms with Crippen LogP contribution in [0.15, 0.2) is 113 Å². The number of thioether (sulfide) groups is 1. The van der Waals surface area contributed by atoms with E-state index < -0.39 is 19.8 Å². The third-order valence-corrected chi connectivity index (χ3v) is 15.4. The lowest BCUT2D eigenvalue weighted by atomic mass is 9.73. The number of sulfonamides is 1. The lowest BCUT2D eigenvalue weighted by Crippen LogP contribution is -2.49. The van der Waals surface area contributed by atoms with Gasteiger partial charge in [-0.2, -0.15) is 0 Å². The highest BCUT2D eigenvalue weighted by Crippen LogP contribution is 2.46. The molecular formula is C45H53ClN8O4S2. The number of benzene rings is 4. The smallest absolute Gasteiger partial charge is 0.293 e. The lowest BCUT2D eigenvalue weighted by Gasteiger charge is -2.43. The Balaban J connectivity index is 1.07. The summed E-state index contributed by atoms with van der Waals surface area (Å²) in [5.41, 5.74) is 12.1. The molecule has 2 heterocycles. The molecule has 316 valence electrons. The Morgan fingerprint density at radius 2 is 1.73 bits per heavy atom. The second kappa shape index (κ2) is 17.7. The molecule has 0 radical (unpaired) electrons. The Bertz CT molecular complexity index is 2500. The first-order valence-corrected chi connectivity index (χ1v) is 22.9. The van der Waals surface area contributed by atoms with Gasteiger partial charge in [0.05, 0.1) is 20.2 Å². The van der Waals surface area contributed by atoms with E-state index in [4.69, 9.17) is 17.3 Å². The number of nitrogens with zero attached hydrogens (tertiary/aromatic N) is 6. The highest BCUT2D eigenvalue weighted by Gasteiger charge is 2.39. The topological polar surface area (TPSA) is 151 Å². The van der Waals surface area contributed by atoms with E-state index in [0.717, 1.165) is 73.7 Å². The predicted molar refractivity (Wildman–Crippen MR) is 245 cm³/mol. The maximum atomic E-state index is 13.9. The largest absolute Gasteiger partial charge is 0.369 e. The zero-order valence-electron chi connectivity index (χ0n) is 34.8. The molecule has 0 bridgehead atoms. The van der Waals surface area contributed by atoms with E-state index in [1.54, 1.807) is 18.8 Å². The molecular weight excluding hydrogens is 816 g/mol. The normalized spacial score (nSPS) is 17.6. The van der Waals surface area contributed by atoms with Crippen molar-refractivity contribution in [1.82, 2.24) is 14.9 Å². The van der Waals surface area contributed by atoms with Crippen LogP contribution in [0.25, 0.3) is 16.5 Å². The Morgan fingerprint density at radius 1 is 1.02 bits per heavy atom. The third kappa shape index (κ3) is 9.42. The van der Waals surface area contributed by atoms with E-state index >= 15 is 0 Å². The molecule has 1 fully saturated rings. The molecule has 1 aromatic heterocycles. The van der Waals surface area contributed by atoms with Gasteiger partial charge in [-0.1, -0.05) is 80.0 Å². The maximum Gasteiger partial charge on any atom is 0.293 e. The van der Waals surface area contributed by atoms with E-state index in [0.29, 0.717) is 17.4 Å². The first-order valence-electron chi connectivity index (χ1n) is 20.2. The summed E-state index contributed by atoms with van der Waals surface area (Å²) in [6.45, 7) is 13.5. The van der Waals surface area contributed by atoms with Gasteiger partial charge in [-0.05, 0) is 104 Å². The van der Waals surface area contributed by atoms with Crippen molar-refractivity contribution in [3.05, 3.63) is 124 Å². The number of halogens is 1. The number of anilines is 3. The van der Waals surface area contributed by atoms with Crippen molar-refractivity contribution in [2.75, 3.05) is 60.8 Å². The fourth-order valence-electron chi connectivity index (χ4n) is 8.29. The van der Waals surface area contributed by atoms with Crippen molar-refractivity contribution in [2.45, 2.75) is 61.6 Å². The molecule has 2 aliphatic rings. The summed E-state index contributed by atoms with van der Waals surface area (Å²) in [7, 11) is -2.53. The van der Waals surface area contributed by atoms with Crippen LogP contribution in [0.3, 0.4) is 0 Å². The van der Waals surface area contributed by atoms with E-state index in [1.807, 2.05) is 79.4 Å². The average Bonchev–Trinajstić information content (AvgIpc) is 3.23. The number of rotatable bonds is 14. The number of aromatic nitrogens is 2. The van der Waals surface area contributed by atoms with Crippen molar-refractivity contribution >= 4 is 72.7 Å². The zero-order chi connectivity index (χ0) is 42.8. The third-order valence-electron chi connectivity index (χ3n) is 12.2. The molecule has 60 heavy (non-hydrogen) atoms. The van der Waals surface area contributed by atoms with Crippen LogP contribution in [0.5, 0.6) is 0 Å². The van der Waals surface area contributed by atoms with Crippen LogP contribution >= 0.6 is 23.4 Å². The minimum Gasteiger partial charge on any atom is -0.369 e. The first-order chi connectivity index (χ1) is 28.6. The summed E-state index contributed by atoms with van der Waals surface area (Å²) in [5, 5.41) is 13.8. The van der Waals surface area contributed by atoms with Crippen LogP contribution in [0, 0.1) is 21.4 Å². The molecule has 1 aliphatic heterocycles. The molecule has 3 N–H and O–H groups in total. The number of allylic oxidation sites excluding steroid dienone is 1. The van der Waals surface area contributed by atoms with Crippen molar-refractivity contribution < 1.29 is 13.3 Å². The highest BCUT2D eigenvalue weighted by atomic mass is 35.5. The number of hydrogen-bond donors (Lipinski definition) is 2. The van der Waals surface area contributed by atoms with Crippen molar-refractivity contribution in [1.29, 1.82) is 0 Å². The van der Waals surface area contributed by atoms with Gasteiger partial charge in [-0.3, -0.25) is 19.7 Å². The average molecular weight is 870 g/mol. The molecule has 4 aromatic carbocycles. The molecule has 7 rings (SSSR count). The van der Waals surface area contributed by atoms with Crippen molar-refractivity contribution in [2.24, 2.45) is 17.1 Å². The van der Waals surface area contributed by atoms with Gasteiger partial charge in [-0.15, -0.1) is 0 Å². The molecule has 5 aromatic rings. The van der Waals surface area contributed by atoms with Gasteiger partial charge in [0.2, 0.25) is 0 Å². The summed E-state index contributed by atoms with van der Waals surface area (Å²) in [4.78, 5) is 27.4. The van der Waals surface area contributed by atoms with Crippen LogP contribution in [0.4, 0.5) is 22.9 Å². The lowest BCUT2D eigenvalue weighted by molar-refractivity contribution is -0.384. The maximum absolute atomic E-state index is 13.9. The van der Waals surface area contributed by atoms with Gasteiger partial charge in [0.1, 0.15) is 12.0 Å². The number of fused-ring (bicyclic) bond motifs is 1. The minimum absolute atomic E-state index is 0.0870. The number of nitro groups is 1. The predicted octanol–water partition coefficient (Wildman–Crippen LogP) is 9.32. The molecule has 15 heteroatoms. The van der Waals surface area contributed by atoms with Crippen LogP contribution in [0.1, 0.15) is 52.5 Å². The Kier molecular flexibility index (Phi) is 12.8. The molecule has 2 atom stereocenters. The van der Waals surface area contributed by atoms with Crippen LogP contribution in [-0.4, -0.2) is 79.4 Å². The van der Waals surface area contributed by atoms with Crippen LogP contribution in [0.2, 0.25) is 5.02 Å². The van der Waals surface area contributed by atoms with Gasteiger partial charge in [-0.25, -0.2) is 18.4 Å². The van der Waals surface area contributed by atoms with Gasteiger partial charge in [0.15, 0.2) is 5.82 Å². The van der Waals surface area contributed by atoms with Gasteiger partial charge >= 0.3 is 0 Å². The highest BCUT2D eigenvalue weighted by molar-refractivity contribution is 8.00. The fraction of sp³-hybridized carbons (Fsp3) is 0.378. The first kappa shape index (κ1) is 43.4. The standard InChI is InChI=1S/C45H53ClN8O4S2/c1-31(28-47)45(4,59-36-9-7-6-8-10-36)51(5)41-18-16-37(26-42(41)54(55)56)60(57,58)50-43-39-17-15-35(25-40(39)48-30-49-43)53-23-21-52(22-24-53)29-33-27-44(2,3)20-19-38(33)32-11-13-34(46)14-12-32/h6-18,25-26,30-31H,19-24,27-29,47H2,1-5H3,(H,48,49,50)/t31?,45-/m1/s1. The number of nitro benzene ring substituents is 1.